The molecule has 1 aromatic carbocycles. The van der Waals surface area contributed by atoms with Crippen molar-refractivity contribution in [3.8, 4) is 0 Å². The summed E-state index contributed by atoms with van der Waals surface area (Å²) in [7, 11) is 1.39. The molecule has 0 aliphatic carbocycles. The molecule has 1 aromatic rings. The van der Waals surface area contributed by atoms with Crippen LogP contribution in [0, 0.1) is 0 Å². The molecule has 2 aliphatic heterocycles. The molecule has 7 heteroatoms. The second-order valence-corrected chi connectivity index (χ2v) is 8.79. The Bertz CT molecular complexity index is 943. The Labute approximate surface area is 189 Å². The minimum atomic E-state index is -0.399. The van der Waals surface area contributed by atoms with Crippen molar-refractivity contribution in [2.45, 2.75) is 53.0 Å². The number of amides is 1. The van der Waals surface area contributed by atoms with Crippen LogP contribution < -0.4 is 0 Å². The monoisotopic (exact) mass is 441 g/mol. The molecule has 0 radical (unpaired) electrons. The van der Waals surface area contributed by atoms with Crippen molar-refractivity contribution in [3.05, 3.63) is 57.8 Å². The van der Waals surface area contributed by atoms with Crippen molar-refractivity contribution in [3.63, 3.8) is 0 Å². The zero-order valence-electron chi connectivity index (χ0n) is 19.1. The normalized spacial score (nSPS) is 18.0. The molecule has 2 aliphatic rings. The van der Waals surface area contributed by atoms with E-state index in [9.17, 15) is 9.59 Å². The number of hydrogen-bond acceptors (Lipinski definition) is 6. The molecule has 0 N–H and O–H groups in total. The first kappa shape index (κ1) is 23.1. The van der Waals surface area contributed by atoms with E-state index in [0.717, 1.165) is 16.4 Å². The molecule has 0 bridgehead atoms. The van der Waals surface area contributed by atoms with E-state index < -0.39 is 5.97 Å². The number of esters is 1. The number of allylic oxidation sites excluding steroid dienone is 1. The molecule has 3 rings (SSSR count). The summed E-state index contributed by atoms with van der Waals surface area (Å²) in [6.45, 7) is 11.4. The van der Waals surface area contributed by atoms with E-state index in [1.54, 1.807) is 0 Å². The Morgan fingerprint density at radius 2 is 1.84 bits per heavy atom. The van der Waals surface area contributed by atoms with Crippen molar-refractivity contribution >= 4 is 28.8 Å². The molecule has 0 aromatic heterocycles. The lowest BCUT2D eigenvalue weighted by atomic mass is 9.92. The van der Waals surface area contributed by atoms with E-state index in [4.69, 9.17) is 4.74 Å². The highest BCUT2D eigenvalue weighted by Crippen LogP contribution is 2.45. The fourth-order valence-corrected chi connectivity index (χ4v) is 4.93. The number of methoxy groups -OCH3 is 1. The van der Waals surface area contributed by atoms with Crippen molar-refractivity contribution < 1.29 is 14.3 Å². The number of amidine groups is 1. The van der Waals surface area contributed by atoms with Gasteiger partial charge in [0.05, 0.1) is 30.8 Å². The van der Waals surface area contributed by atoms with Gasteiger partial charge in [-0.1, -0.05) is 49.9 Å². The molecule has 1 unspecified atom stereocenters. The standard InChI is InChI=1S/C24H31N3O3S/c1-7-26(8-2)20(28)13-19-14-31-24-25-16(5)21(23(29)30-6)22(27(19)24)18-11-9-17(10-12-18)15(3)4/h9-12,14-15,22H,7-8,13H2,1-6H3. The quantitative estimate of drug-likeness (QED) is 0.568. The van der Waals surface area contributed by atoms with Crippen LogP contribution in [-0.2, 0) is 14.3 Å². The lowest BCUT2D eigenvalue weighted by Gasteiger charge is -2.36. The second-order valence-electron chi connectivity index (χ2n) is 7.95. The first-order chi connectivity index (χ1) is 14.8. The van der Waals surface area contributed by atoms with Crippen molar-refractivity contribution in [2.75, 3.05) is 20.2 Å². The van der Waals surface area contributed by atoms with Gasteiger partial charge in [-0.15, -0.1) is 0 Å². The number of ether oxygens (including phenoxy) is 1. The molecular weight excluding hydrogens is 410 g/mol. The van der Waals surface area contributed by atoms with Crippen LogP contribution in [0.2, 0.25) is 0 Å². The smallest absolute Gasteiger partial charge is 0.338 e. The summed E-state index contributed by atoms with van der Waals surface area (Å²) in [4.78, 5) is 34.1. The van der Waals surface area contributed by atoms with Crippen LogP contribution in [0.4, 0.5) is 0 Å². The highest BCUT2D eigenvalue weighted by atomic mass is 32.2. The van der Waals surface area contributed by atoms with Gasteiger partial charge in [-0.05, 0) is 43.2 Å². The minimum Gasteiger partial charge on any atom is -0.466 e. The molecule has 1 atom stereocenters. The van der Waals surface area contributed by atoms with Crippen LogP contribution >= 0.6 is 11.8 Å². The Kier molecular flexibility index (Phi) is 7.26. The number of thioether (sulfide) groups is 1. The summed E-state index contributed by atoms with van der Waals surface area (Å²) in [5.74, 6) is 0.0850. The molecule has 0 saturated heterocycles. The Hall–Kier alpha value is -2.54. The summed E-state index contributed by atoms with van der Waals surface area (Å²) in [6.07, 6.45) is 0.266. The number of carbonyl (C=O) groups is 2. The molecule has 0 saturated carbocycles. The third-order valence-corrected chi connectivity index (χ3v) is 6.66. The summed E-state index contributed by atoms with van der Waals surface area (Å²) in [5, 5.41) is 2.76. The zero-order valence-corrected chi connectivity index (χ0v) is 20.0. The maximum absolute atomic E-state index is 12.8. The fraction of sp³-hybridized carbons (Fsp3) is 0.458. The van der Waals surface area contributed by atoms with Crippen LogP contribution in [0.15, 0.2) is 51.6 Å². The number of aliphatic imine (C=N–C) groups is 1. The summed E-state index contributed by atoms with van der Waals surface area (Å²) >= 11 is 1.49. The van der Waals surface area contributed by atoms with E-state index in [0.29, 0.717) is 30.3 Å². The van der Waals surface area contributed by atoms with E-state index in [1.807, 2.05) is 36.0 Å². The van der Waals surface area contributed by atoms with Gasteiger partial charge in [-0.2, -0.15) is 0 Å². The average molecular weight is 442 g/mol. The number of benzene rings is 1. The first-order valence-electron chi connectivity index (χ1n) is 10.7. The highest BCUT2D eigenvalue weighted by molar-refractivity contribution is 8.16. The van der Waals surface area contributed by atoms with Crippen LogP contribution in [0.1, 0.15) is 64.1 Å². The average Bonchev–Trinajstić information content (AvgIpc) is 3.15. The SMILES string of the molecule is CCN(CC)C(=O)CC1=CSC2=NC(C)=C(C(=O)OC)C(c3ccc(C(C)C)cc3)N12. The van der Waals surface area contributed by atoms with Gasteiger partial charge < -0.3 is 14.5 Å². The third-order valence-electron chi connectivity index (χ3n) is 5.77. The Balaban J connectivity index is 2.03. The number of carbonyl (C=O) groups excluding carboxylic acids is 2. The lowest BCUT2D eigenvalue weighted by Crippen LogP contribution is -2.38. The molecule has 1 amide bonds. The largest absolute Gasteiger partial charge is 0.466 e. The van der Waals surface area contributed by atoms with E-state index in [2.05, 4.69) is 43.1 Å². The summed E-state index contributed by atoms with van der Waals surface area (Å²) < 4.78 is 5.12. The molecular formula is C24H31N3O3S. The van der Waals surface area contributed by atoms with Crippen LogP contribution in [0.3, 0.4) is 0 Å². The van der Waals surface area contributed by atoms with Gasteiger partial charge in [0.25, 0.3) is 0 Å². The Morgan fingerprint density at radius 1 is 1.19 bits per heavy atom. The fourth-order valence-electron chi connectivity index (χ4n) is 3.96. The minimum absolute atomic E-state index is 0.0675. The first-order valence-corrected chi connectivity index (χ1v) is 11.6. The van der Waals surface area contributed by atoms with Gasteiger partial charge in [0.15, 0.2) is 5.17 Å². The van der Waals surface area contributed by atoms with Crippen LogP contribution in [0.25, 0.3) is 0 Å². The number of nitrogens with zero attached hydrogens (tertiary/aromatic N) is 3. The molecule has 31 heavy (non-hydrogen) atoms. The van der Waals surface area contributed by atoms with Crippen molar-refractivity contribution in [2.24, 2.45) is 4.99 Å². The summed E-state index contributed by atoms with van der Waals surface area (Å²) in [6, 6.07) is 7.94. The van der Waals surface area contributed by atoms with E-state index >= 15 is 0 Å². The molecule has 166 valence electrons. The predicted octanol–water partition coefficient (Wildman–Crippen LogP) is 4.82. The molecule has 0 spiro atoms. The number of rotatable bonds is 7. The van der Waals surface area contributed by atoms with Crippen LogP contribution in [0.5, 0.6) is 0 Å². The van der Waals surface area contributed by atoms with Gasteiger partial charge in [-0.3, -0.25) is 4.79 Å². The van der Waals surface area contributed by atoms with Gasteiger partial charge >= 0.3 is 5.97 Å². The van der Waals surface area contributed by atoms with Crippen LogP contribution in [-0.4, -0.2) is 47.0 Å². The second kappa shape index (κ2) is 9.73. The predicted molar refractivity (Wildman–Crippen MR) is 125 cm³/mol. The van der Waals surface area contributed by atoms with Gasteiger partial charge in [0.2, 0.25) is 5.91 Å². The van der Waals surface area contributed by atoms with Gasteiger partial charge in [-0.25, -0.2) is 9.79 Å². The maximum atomic E-state index is 12.8. The maximum Gasteiger partial charge on any atom is 0.338 e. The molecule has 2 heterocycles. The van der Waals surface area contributed by atoms with Crippen molar-refractivity contribution in [1.29, 1.82) is 0 Å². The van der Waals surface area contributed by atoms with E-state index in [1.165, 1.54) is 24.4 Å². The lowest BCUT2D eigenvalue weighted by molar-refractivity contribution is -0.136. The number of hydrogen-bond donors (Lipinski definition) is 0. The topological polar surface area (TPSA) is 62.2 Å². The Morgan fingerprint density at radius 3 is 2.39 bits per heavy atom. The third kappa shape index (κ3) is 4.56. The highest BCUT2D eigenvalue weighted by Gasteiger charge is 2.41. The molecule has 0 fully saturated rings. The zero-order chi connectivity index (χ0) is 22.7. The van der Waals surface area contributed by atoms with Gasteiger partial charge in [0.1, 0.15) is 0 Å². The van der Waals surface area contributed by atoms with E-state index in [-0.39, 0.29) is 18.4 Å². The number of fused-ring (bicyclic) bond motifs is 1. The summed E-state index contributed by atoms with van der Waals surface area (Å²) in [5.41, 5.74) is 4.21. The van der Waals surface area contributed by atoms with Crippen molar-refractivity contribution in [1.82, 2.24) is 9.80 Å². The van der Waals surface area contributed by atoms with Gasteiger partial charge in [0, 0.05) is 18.8 Å². The molecule has 6 nitrogen and oxygen atoms in total.